The monoisotopic (exact) mass is 1630 g/mol. The van der Waals surface area contributed by atoms with Gasteiger partial charge in [-0.2, -0.15) is 0 Å². The number of pyridine rings is 2. The summed E-state index contributed by atoms with van der Waals surface area (Å²) in [6.07, 6.45) is 0. The number of para-hydroxylation sites is 4. The Morgan fingerprint density at radius 2 is 0.430 bits per heavy atom. The van der Waals surface area contributed by atoms with Gasteiger partial charge in [0.1, 0.15) is 23.0 Å². The lowest BCUT2D eigenvalue weighted by molar-refractivity contribution is 0.442. The summed E-state index contributed by atoms with van der Waals surface area (Å²) in [6.45, 7) is 0. The van der Waals surface area contributed by atoms with Crippen molar-refractivity contribution < 1.29 is 9.47 Å². The van der Waals surface area contributed by atoms with Crippen molar-refractivity contribution in [3.05, 3.63) is 481 Å². The van der Waals surface area contributed by atoms with Crippen LogP contribution in [0.4, 0.5) is 0 Å². The number of hydrogen-bond acceptors (Lipinski definition) is 10. The van der Waals surface area contributed by atoms with Crippen LogP contribution in [0.15, 0.2) is 437 Å². The fourth-order valence-corrected chi connectivity index (χ4v) is 20.3. The average molecular weight is 1630 g/mol. The molecule has 0 bridgehead atoms. The molecule has 0 radical (unpaired) electrons. The van der Waals surface area contributed by atoms with Crippen molar-refractivity contribution in [1.82, 2.24) is 39.9 Å². The van der Waals surface area contributed by atoms with E-state index in [4.69, 9.17) is 49.3 Å². The van der Waals surface area contributed by atoms with E-state index in [1.165, 1.54) is 44.5 Å². The molecule has 6 heterocycles. The number of fused-ring (bicyclic) bond motifs is 26. The normalized spacial score (nSPS) is 12.9. The van der Waals surface area contributed by atoms with E-state index in [-0.39, 0.29) is 0 Å². The highest BCUT2D eigenvalue weighted by Crippen LogP contribution is 2.66. The second-order valence-electron chi connectivity index (χ2n) is 33.0. The van der Waals surface area contributed by atoms with Crippen LogP contribution in [0.3, 0.4) is 0 Å². The first kappa shape index (κ1) is 73.6. The van der Waals surface area contributed by atoms with Crippen LogP contribution >= 0.6 is 0 Å². The van der Waals surface area contributed by atoms with Crippen molar-refractivity contribution in [2.75, 3.05) is 0 Å². The van der Waals surface area contributed by atoms with Gasteiger partial charge in [0.25, 0.3) is 0 Å². The van der Waals surface area contributed by atoms with E-state index in [9.17, 15) is 0 Å². The molecule has 0 N–H and O–H groups in total. The van der Waals surface area contributed by atoms with Crippen molar-refractivity contribution in [3.63, 3.8) is 0 Å². The van der Waals surface area contributed by atoms with Gasteiger partial charge in [-0.3, -0.25) is 0 Å². The molecule has 4 aliphatic rings. The number of ether oxygens (including phenoxy) is 2. The largest absolute Gasteiger partial charge is 0.456 e. The van der Waals surface area contributed by atoms with E-state index in [1.54, 1.807) is 0 Å². The zero-order chi connectivity index (χ0) is 84.4. The van der Waals surface area contributed by atoms with Crippen LogP contribution in [0, 0.1) is 0 Å². The Morgan fingerprint density at radius 3 is 0.797 bits per heavy atom. The highest BCUT2D eigenvalue weighted by atomic mass is 16.5. The quantitative estimate of drug-likeness (QED) is 0.122. The topological polar surface area (TPSA) is 122 Å². The van der Waals surface area contributed by atoms with Crippen molar-refractivity contribution in [2.24, 2.45) is 0 Å². The molecule has 2 aliphatic carbocycles. The van der Waals surface area contributed by atoms with E-state index in [1.807, 2.05) is 121 Å². The Balaban J connectivity index is 0.000000139. The maximum absolute atomic E-state index is 7.15. The van der Waals surface area contributed by atoms with Crippen molar-refractivity contribution >= 4 is 43.4 Å². The van der Waals surface area contributed by atoms with Crippen LogP contribution in [0.25, 0.3) is 179 Å². The molecule has 10 nitrogen and oxygen atoms in total. The number of rotatable bonds is 10. The molecule has 596 valence electrons. The molecule has 4 aromatic heterocycles. The van der Waals surface area contributed by atoms with E-state index < -0.39 is 10.8 Å². The molecule has 0 unspecified atom stereocenters. The molecular weight excluding hydrogens is 1560 g/mol. The smallest absolute Gasteiger partial charge is 0.164 e. The van der Waals surface area contributed by atoms with Crippen molar-refractivity contribution in [1.29, 1.82) is 0 Å². The third-order valence-electron chi connectivity index (χ3n) is 26.0. The molecule has 22 aromatic rings. The summed E-state index contributed by atoms with van der Waals surface area (Å²) in [5.74, 6) is 7.31. The van der Waals surface area contributed by atoms with Gasteiger partial charge in [0.2, 0.25) is 0 Å². The Kier molecular flexibility index (Phi) is 17.2. The predicted molar refractivity (Wildman–Crippen MR) is 514 cm³/mol. The Labute approximate surface area is 738 Å². The first-order valence-electron chi connectivity index (χ1n) is 43.3. The van der Waals surface area contributed by atoms with E-state index in [2.05, 4.69) is 315 Å². The van der Waals surface area contributed by atoms with Gasteiger partial charge in [-0.05, 0) is 97.1 Å². The van der Waals surface area contributed by atoms with Gasteiger partial charge in [0.05, 0.1) is 33.3 Å². The molecule has 0 saturated carbocycles. The van der Waals surface area contributed by atoms with E-state index in [0.717, 1.165) is 167 Å². The van der Waals surface area contributed by atoms with Gasteiger partial charge < -0.3 is 9.47 Å². The summed E-state index contributed by atoms with van der Waals surface area (Å²) < 4.78 is 14.3. The van der Waals surface area contributed by atoms with Gasteiger partial charge in [-0.25, -0.2) is 39.9 Å². The van der Waals surface area contributed by atoms with Gasteiger partial charge in [-0.1, -0.05) is 406 Å². The Hall–Kier alpha value is -17.1. The molecule has 2 aliphatic heterocycles. The highest BCUT2D eigenvalue weighted by molar-refractivity contribution is 6.17. The van der Waals surface area contributed by atoms with E-state index >= 15 is 0 Å². The Morgan fingerprint density at radius 1 is 0.164 bits per heavy atom. The van der Waals surface area contributed by atoms with E-state index in [0.29, 0.717) is 34.9 Å². The van der Waals surface area contributed by atoms with Crippen LogP contribution in [-0.4, -0.2) is 39.9 Å². The second-order valence-corrected chi connectivity index (χ2v) is 33.0. The maximum atomic E-state index is 7.15. The van der Waals surface area contributed by atoms with Gasteiger partial charge in [0.15, 0.2) is 34.9 Å². The summed E-state index contributed by atoms with van der Waals surface area (Å²) in [4.78, 5) is 40.3. The molecule has 0 atom stereocenters. The van der Waals surface area contributed by atoms with Crippen LogP contribution in [0.2, 0.25) is 0 Å². The first-order chi connectivity index (χ1) is 63.4. The van der Waals surface area contributed by atoms with Crippen LogP contribution in [0.1, 0.15) is 44.5 Å². The fraction of sp³-hybridized carbons (Fsp3) is 0.0169. The molecule has 10 heteroatoms. The molecule has 18 aromatic carbocycles. The zero-order valence-corrected chi connectivity index (χ0v) is 69.0. The molecule has 0 fully saturated rings. The number of nitrogens with zero attached hydrogens (tertiary/aromatic N) is 8. The second kappa shape index (κ2) is 29.9. The zero-order valence-electron chi connectivity index (χ0n) is 69.0. The number of benzene rings is 18. The minimum Gasteiger partial charge on any atom is -0.456 e. The molecule has 0 amide bonds. The summed E-state index contributed by atoms with van der Waals surface area (Å²) >= 11 is 0. The minimum atomic E-state index is -0.556. The minimum absolute atomic E-state index is 0.550. The predicted octanol–water partition coefficient (Wildman–Crippen LogP) is 28.8. The molecular formula is C118H72N8O2. The third kappa shape index (κ3) is 11.7. The standard InChI is InChI=1S/2C59H36N4O/c1-3-16-39(17-4-1)56-61-57(40-18-5-2-6-19-40)63-58(62-56)42-21-15-20-41(36-42)37-30-32-38(33-31-37)54-46-34-35-50-55(53(46)45-24-9-13-28-51(45)60-54)64-52-29-14-12-27-49(52)59(50)47-25-10-7-22-43(47)44-23-8-11-26-48(44)59;1-3-15-40(16-4-1)56-61-57(41-17-5-2-6-18-41)63-58(62-56)42-33-29-38(30-34-42)37-27-31-39(32-28-37)54-46-35-36-50-55(53(46)45-21-9-13-25-51(45)60-54)64-52-26-14-12-24-49(52)59(50)47-22-10-7-19-43(47)44-20-8-11-23-48(44)59/h2*1-36H. The lowest BCUT2D eigenvalue weighted by Crippen LogP contribution is -2.32. The summed E-state index contributed by atoms with van der Waals surface area (Å²) in [5.41, 5.74) is 29.3. The van der Waals surface area contributed by atoms with Crippen LogP contribution in [-0.2, 0) is 10.8 Å². The number of hydrogen-bond donors (Lipinski definition) is 0. The van der Waals surface area contributed by atoms with Gasteiger partial charge in [-0.15, -0.1) is 0 Å². The maximum Gasteiger partial charge on any atom is 0.164 e. The highest BCUT2D eigenvalue weighted by Gasteiger charge is 2.53. The lowest BCUT2D eigenvalue weighted by Gasteiger charge is -2.40. The van der Waals surface area contributed by atoms with Crippen molar-refractivity contribution in [3.8, 4) is 158 Å². The first-order valence-corrected chi connectivity index (χ1v) is 43.3. The number of aromatic nitrogens is 8. The summed E-state index contributed by atoms with van der Waals surface area (Å²) in [5, 5.41) is 6.34. The molecule has 0 saturated heterocycles. The van der Waals surface area contributed by atoms with Crippen LogP contribution in [0.5, 0.6) is 23.0 Å². The van der Waals surface area contributed by atoms with Crippen LogP contribution < -0.4 is 9.47 Å². The fourth-order valence-electron chi connectivity index (χ4n) is 20.3. The Bertz CT molecular complexity index is 8030. The summed E-state index contributed by atoms with van der Waals surface area (Å²) in [6, 6.07) is 153. The van der Waals surface area contributed by atoms with Gasteiger partial charge in [0, 0.05) is 99.1 Å². The molecule has 26 rings (SSSR count). The molecule has 128 heavy (non-hydrogen) atoms. The average Bonchev–Trinajstić information content (AvgIpc) is 1.47. The summed E-state index contributed by atoms with van der Waals surface area (Å²) in [7, 11) is 0. The third-order valence-corrected chi connectivity index (χ3v) is 26.0. The lowest BCUT2D eigenvalue weighted by atomic mass is 9.65. The van der Waals surface area contributed by atoms with Gasteiger partial charge >= 0.3 is 0 Å². The molecule has 2 spiro atoms. The van der Waals surface area contributed by atoms with Crippen molar-refractivity contribution in [2.45, 2.75) is 10.8 Å². The SMILES string of the molecule is c1ccc(-c2nc(-c3ccccc3)nc(-c3ccc(-c4ccc(-c5nc6ccccc6c6c7c(ccc56)C5(c6ccccc6O7)c6ccccc6-c6ccccc65)cc4)cc3)n2)cc1.c1ccc(-c2nc(-c3ccccc3)nc(-c3cccc(-c4ccc(-c5nc6ccccc6c6c7c(ccc56)C5(c6ccccc6O7)c6ccccc6-c6ccccc65)cc4)c3)n2)cc1.